The molecule has 0 aliphatic carbocycles. The summed E-state index contributed by atoms with van der Waals surface area (Å²) in [5.41, 5.74) is 5.80. The highest BCUT2D eigenvalue weighted by molar-refractivity contribution is 5.45. The van der Waals surface area contributed by atoms with E-state index < -0.39 is 0 Å². The van der Waals surface area contributed by atoms with E-state index in [0.717, 1.165) is 24.0 Å². The van der Waals surface area contributed by atoms with Crippen LogP contribution in [-0.4, -0.2) is 16.0 Å². The van der Waals surface area contributed by atoms with E-state index in [2.05, 4.69) is 49.9 Å². The van der Waals surface area contributed by atoms with Gasteiger partial charge in [0.05, 0.1) is 0 Å². The molecule has 0 spiro atoms. The molecule has 3 N–H and O–H groups in total. The van der Waals surface area contributed by atoms with Crippen LogP contribution in [-0.2, 0) is 0 Å². The Morgan fingerprint density at radius 1 is 1.11 bits per heavy atom. The van der Waals surface area contributed by atoms with E-state index in [4.69, 9.17) is 5.73 Å². The average Bonchev–Trinajstić information content (AvgIpc) is 2.25. The van der Waals surface area contributed by atoms with Gasteiger partial charge in [0, 0.05) is 18.0 Å². The lowest BCUT2D eigenvalue weighted by Gasteiger charge is -2.17. The Bertz CT molecular complexity index is 374. The van der Waals surface area contributed by atoms with Gasteiger partial charge in [-0.15, -0.1) is 0 Å². The van der Waals surface area contributed by atoms with E-state index in [1.165, 1.54) is 6.42 Å². The van der Waals surface area contributed by atoms with Crippen molar-refractivity contribution in [1.29, 1.82) is 0 Å². The predicted molar refractivity (Wildman–Crippen MR) is 77.7 cm³/mol. The Kier molecular flexibility index (Phi) is 5.38. The van der Waals surface area contributed by atoms with E-state index >= 15 is 0 Å². The number of nitrogens with one attached hydrogen (secondary N) is 1. The molecule has 4 heteroatoms. The third-order valence-electron chi connectivity index (χ3n) is 2.85. The van der Waals surface area contributed by atoms with Gasteiger partial charge in [-0.3, -0.25) is 0 Å². The maximum absolute atomic E-state index is 5.80. The van der Waals surface area contributed by atoms with E-state index in [9.17, 15) is 0 Å². The van der Waals surface area contributed by atoms with Crippen molar-refractivity contribution in [3.63, 3.8) is 0 Å². The summed E-state index contributed by atoms with van der Waals surface area (Å²) < 4.78 is 0. The molecular weight excluding hydrogens is 224 g/mol. The summed E-state index contributed by atoms with van der Waals surface area (Å²) in [6, 6.07) is 2.21. The molecule has 1 heterocycles. The molecule has 1 aromatic heterocycles. The van der Waals surface area contributed by atoms with Crippen LogP contribution in [0.25, 0.3) is 0 Å². The predicted octanol–water partition coefficient (Wildman–Crippen LogP) is 3.42. The quantitative estimate of drug-likeness (QED) is 0.812. The Morgan fingerprint density at radius 2 is 1.78 bits per heavy atom. The van der Waals surface area contributed by atoms with Crippen molar-refractivity contribution in [2.75, 3.05) is 11.1 Å². The van der Waals surface area contributed by atoms with E-state index in [0.29, 0.717) is 17.8 Å². The summed E-state index contributed by atoms with van der Waals surface area (Å²) in [7, 11) is 0. The number of nitrogen functional groups attached to an aromatic ring is 1. The topological polar surface area (TPSA) is 63.8 Å². The van der Waals surface area contributed by atoms with Gasteiger partial charge in [-0.2, -0.15) is 0 Å². The fraction of sp³-hybridized carbons (Fsp3) is 0.714. The monoisotopic (exact) mass is 250 g/mol. The lowest BCUT2D eigenvalue weighted by molar-refractivity contribution is 0.527. The van der Waals surface area contributed by atoms with Crippen LogP contribution in [0.1, 0.15) is 59.2 Å². The van der Waals surface area contributed by atoms with E-state index in [1.807, 2.05) is 0 Å². The van der Waals surface area contributed by atoms with Crippen molar-refractivity contribution in [3.05, 3.63) is 11.9 Å². The summed E-state index contributed by atoms with van der Waals surface area (Å²) in [5, 5.41) is 3.40. The zero-order valence-corrected chi connectivity index (χ0v) is 12.2. The van der Waals surface area contributed by atoms with Crippen LogP contribution in [0.2, 0.25) is 0 Å². The molecule has 0 aromatic carbocycles. The van der Waals surface area contributed by atoms with Crippen molar-refractivity contribution in [1.82, 2.24) is 9.97 Å². The third-order valence-corrected chi connectivity index (χ3v) is 2.85. The standard InChI is InChI=1S/C14H26N4/c1-9(2)6-7-11(5)16-13-8-12(15)17-14(18-13)10(3)4/h8-11H,6-7H2,1-5H3,(H3,15,16,17,18). The van der Waals surface area contributed by atoms with Crippen molar-refractivity contribution in [3.8, 4) is 0 Å². The van der Waals surface area contributed by atoms with Crippen LogP contribution in [0, 0.1) is 5.92 Å². The number of aromatic nitrogens is 2. The maximum Gasteiger partial charge on any atom is 0.135 e. The summed E-state index contributed by atoms with van der Waals surface area (Å²) in [5.74, 6) is 3.19. The van der Waals surface area contributed by atoms with Gasteiger partial charge in [0.1, 0.15) is 17.5 Å². The molecule has 1 aromatic rings. The van der Waals surface area contributed by atoms with Gasteiger partial charge in [-0.25, -0.2) is 9.97 Å². The highest BCUT2D eigenvalue weighted by Gasteiger charge is 2.09. The number of rotatable bonds is 6. The lowest BCUT2D eigenvalue weighted by atomic mass is 10.0. The van der Waals surface area contributed by atoms with Crippen LogP contribution in [0.3, 0.4) is 0 Å². The van der Waals surface area contributed by atoms with Gasteiger partial charge in [-0.05, 0) is 25.7 Å². The average molecular weight is 250 g/mol. The Labute approximate surface area is 110 Å². The van der Waals surface area contributed by atoms with Crippen LogP contribution in [0.4, 0.5) is 11.6 Å². The molecular formula is C14H26N4. The van der Waals surface area contributed by atoms with Crippen molar-refractivity contribution in [2.45, 2.75) is 59.4 Å². The molecule has 1 atom stereocenters. The molecule has 18 heavy (non-hydrogen) atoms. The molecule has 4 nitrogen and oxygen atoms in total. The number of hydrogen-bond acceptors (Lipinski definition) is 4. The van der Waals surface area contributed by atoms with Gasteiger partial charge in [0.15, 0.2) is 0 Å². The fourth-order valence-electron chi connectivity index (χ4n) is 1.73. The minimum atomic E-state index is 0.292. The molecule has 102 valence electrons. The van der Waals surface area contributed by atoms with Crippen molar-refractivity contribution < 1.29 is 0 Å². The maximum atomic E-state index is 5.80. The molecule has 1 unspecified atom stereocenters. The number of hydrogen-bond donors (Lipinski definition) is 2. The lowest BCUT2D eigenvalue weighted by Crippen LogP contribution is -2.18. The SMILES string of the molecule is CC(C)CCC(C)Nc1cc(N)nc(C(C)C)n1. The summed E-state index contributed by atoms with van der Waals surface area (Å²) in [6.07, 6.45) is 2.35. The smallest absolute Gasteiger partial charge is 0.135 e. The highest BCUT2D eigenvalue weighted by Crippen LogP contribution is 2.17. The van der Waals surface area contributed by atoms with Crippen LogP contribution >= 0.6 is 0 Å². The van der Waals surface area contributed by atoms with Gasteiger partial charge in [0.25, 0.3) is 0 Å². The molecule has 0 aliphatic heterocycles. The molecule has 0 amide bonds. The fourth-order valence-corrected chi connectivity index (χ4v) is 1.73. The number of nitrogens with two attached hydrogens (primary N) is 1. The second-order valence-corrected chi connectivity index (χ2v) is 5.71. The molecule has 0 bridgehead atoms. The normalized spacial score (nSPS) is 13.1. The molecule has 0 fully saturated rings. The number of nitrogens with zero attached hydrogens (tertiary/aromatic N) is 2. The summed E-state index contributed by atoms with van der Waals surface area (Å²) in [4.78, 5) is 8.74. The highest BCUT2D eigenvalue weighted by atomic mass is 15.1. The largest absolute Gasteiger partial charge is 0.384 e. The second-order valence-electron chi connectivity index (χ2n) is 5.71. The number of anilines is 2. The summed E-state index contributed by atoms with van der Waals surface area (Å²) in [6.45, 7) is 10.8. The zero-order chi connectivity index (χ0) is 13.7. The molecule has 0 saturated heterocycles. The van der Waals surface area contributed by atoms with Crippen molar-refractivity contribution in [2.24, 2.45) is 5.92 Å². The third kappa shape index (κ3) is 4.90. The Morgan fingerprint density at radius 3 is 2.33 bits per heavy atom. The minimum absolute atomic E-state index is 0.292. The first-order valence-electron chi connectivity index (χ1n) is 6.79. The molecule has 0 aliphatic rings. The Balaban J connectivity index is 2.66. The second kappa shape index (κ2) is 6.57. The van der Waals surface area contributed by atoms with Crippen molar-refractivity contribution >= 4 is 11.6 Å². The van der Waals surface area contributed by atoms with Gasteiger partial charge < -0.3 is 11.1 Å². The van der Waals surface area contributed by atoms with Crippen LogP contribution in [0.5, 0.6) is 0 Å². The van der Waals surface area contributed by atoms with Gasteiger partial charge in [0.2, 0.25) is 0 Å². The first-order chi connectivity index (χ1) is 8.38. The van der Waals surface area contributed by atoms with Gasteiger partial charge >= 0.3 is 0 Å². The van der Waals surface area contributed by atoms with Crippen LogP contribution < -0.4 is 11.1 Å². The Hall–Kier alpha value is -1.32. The van der Waals surface area contributed by atoms with Gasteiger partial charge in [-0.1, -0.05) is 27.7 Å². The first kappa shape index (κ1) is 14.7. The van der Waals surface area contributed by atoms with E-state index in [1.54, 1.807) is 6.07 Å². The zero-order valence-electron chi connectivity index (χ0n) is 12.2. The first-order valence-corrected chi connectivity index (χ1v) is 6.79. The van der Waals surface area contributed by atoms with Crippen LogP contribution in [0.15, 0.2) is 6.07 Å². The van der Waals surface area contributed by atoms with E-state index in [-0.39, 0.29) is 0 Å². The molecule has 0 radical (unpaired) electrons. The molecule has 1 rings (SSSR count). The molecule has 0 saturated carbocycles. The minimum Gasteiger partial charge on any atom is -0.384 e. The summed E-state index contributed by atoms with van der Waals surface area (Å²) >= 11 is 0.